The smallest absolute Gasteiger partial charge is 0.272 e. The molecule has 0 saturated carbocycles. The van der Waals surface area contributed by atoms with Crippen molar-refractivity contribution in [3.8, 4) is 5.69 Å². The Kier molecular flexibility index (Phi) is 5.44. The van der Waals surface area contributed by atoms with Crippen molar-refractivity contribution in [3.05, 3.63) is 65.5 Å². The first-order chi connectivity index (χ1) is 14.0. The Morgan fingerprint density at radius 1 is 1.31 bits per heavy atom. The van der Waals surface area contributed by atoms with Crippen molar-refractivity contribution in [2.24, 2.45) is 0 Å². The lowest BCUT2D eigenvalue weighted by molar-refractivity contribution is 0.0933. The molecule has 8 heteroatoms. The third-order valence-electron chi connectivity index (χ3n) is 5.42. The van der Waals surface area contributed by atoms with Gasteiger partial charge < -0.3 is 10.6 Å². The van der Waals surface area contributed by atoms with Crippen LogP contribution in [-0.4, -0.2) is 38.6 Å². The standard InChI is InChI=1S/C21H25FN6O/c1-14(19-13-24-28(15(19)2)17-7-5-16(22)6-8-17)25-21(29)20-9-11-27(26-20)18-4-3-10-23-12-18/h5-9,11,13-14,18,23H,3-4,10,12H2,1-2H3,(H,25,29). The number of piperidine rings is 1. The maximum atomic E-state index is 13.2. The van der Waals surface area contributed by atoms with E-state index in [1.165, 1.54) is 12.1 Å². The zero-order chi connectivity index (χ0) is 20.4. The molecule has 3 heterocycles. The summed E-state index contributed by atoms with van der Waals surface area (Å²) < 4.78 is 16.8. The Morgan fingerprint density at radius 3 is 2.83 bits per heavy atom. The van der Waals surface area contributed by atoms with Crippen LogP contribution in [0.1, 0.15) is 53.6 Å². The molecule has 0 bridgehead atoms. The normalized spacial score (nSPS) is 17.8. The van der Waals surface area contributed by atoms with Crippen LogP contribution in [0.3, 0.4) is 0 Å². The lowest BCUT2D eigenvalue weighted by atomic mass is 10.1. The minimum absolute atomic E-state index is 0.214. The molecule has 1 aromatic carbocycles. The fourth-order valence-corrected chi connectivity index (χ4v) is 3.76. The number of amides is 1. The predicted octanol–water partition coefficient (Wildman–Crippen LogP) is 2.93. The average molecular weight is 396 g/mol. The Morgan fingerprint density at radius 2 is 2.10 bits per heavy atom. The fourth-order valence-electron chi connectivity index (χ4n) is 3.76. The molecule has 1 aliphatic heterocycles. The van der Waals surface area contributed by atoms with E-state index < -0.39 is 0 Å². The Bertz CT molecular complexity index is 987. The van der Waals surface area contributed by atoms with Gasteiger partial charge in [-0.3, -0.25) is 9.48 Å². The molecule has 0 aliphatic carbocycles. The predicted molar refractivity (Wildman–Crippen MR) is 108 cm³/mol. The van der Waals surface area contributed by atoms with Gasteiger partial charge in [-0.2, -0.15) is 10.2 Å². The average Bonchev–Trinajstić information content (AvgIpc) is 3.37. The third-order valence-corrected chi connectivity index (χ3v) is 5.42. The quantitative estimate of drug-likeness (QED) is 0.695. The van der Waals surface area contributed by atoms with Crippen molar-refractivity contribution in [2.75, 3.05) is 13.1 Å². The molecule has 1 amide bonds. The van der Waals surface area contributed by atoms with Crippen LogP contribution in [0.2, 0.25) is 0 Å². The summed E-state index contributed by atoms with van der Waals surface area (Å²) in [5, 5.41) is 15.2. The fraction of sp³-hybridized carbons (Fsp3) is 0.381. The van der Waals surface area contributed by atoms with Crippen molar-refractivity contribution in [2.45, 2.75) is 38.8 Å². The molecule has 1 saturated heterocycles. The molecule has 1 aliphatic rings. The van der Waals surface area contributed by atoms with Crippen molar-refractivity contribution in [1.82, 2.24) is 30.2 Å². The molecule has 2 atom stereocenters. The van der Waals surface area contributed by atoms with Gasteiger partial charge in [0.05, 0.1) is 24.0 Å². The summed E-state index contributed by atoms with van der Waals surface area (Å²) in [6.45, 7) is 5.76. The number of hydrogen-bond acceptors (Lipinski definition) is 4. The number of hydrogen-bond donors (Lipinski definition) is 2. The number of carbonyl (C=O) groups is 1. The second kappa shape index (κ2) is 8.16. The van der Waals surface area contributed by atoms with Gasteiger partial charge in [0.25, 0.3) is 5.91 Å². The van der Waals surface area contributed by atoms with Gasteiger partial charge in [0.15, 0.2) is 0 Å². The van der Waals surface area contributed by atoms with Crippen LogP contribution in [0, 0.1) is 12.7 Å². The number of nitrogens with zero attached hydrogens (tertiary/aromatic N) is 4. The van der Waals surface area contributed by atoms with Gasteiger partial charge in [-0.25, -0.2) is 9.07 Å². The first-order valence-electron chi connectivity index (χ1n) is 9.90. The number of nitrogens with one attached hydrogen (secondary N) is 2. The molecule has 1 fully saturated rings. The molecule has 2 aromatic heterocycles. The number of benzene rings is 1. The highest BCUT2D eigenvalue weighted by atomic mass is 19.1. The Hall–Kier alpha value is -3.00. The first kappa shape index (κ1) is 19.3. The molecular formula is C21H25FN6O. The van der Waals surface area contributed by atoms with Crippen LogP contribution in [-0.2, 0) is 0 Å². The van der Waals surface area contributed by atoms with E-state index in [0.717, 1.165) is 42.9 Å². The summed E-state index contributed by atoms with van der Waals surface area (Å²) in [4.78, 5) is 12.7. The van der Waals surface area contributed by atoms with Crippen molar-refractivity contribution >= 4 is 5.91 Å². The van der Waals surface area contributed by atoms with Crippen LogP contribution in [0.5, 0.6) is 0 Å². The molecule has 0 radical (unpaired) electrons. The van der Waals surface area contributed by atoms with Crippen LogP contribution in [0.4, 0.5) is 4.39 Å². The minimum Gasteiger partial charge on any atom is -0.344 e. The molecular weight excluding hydrogens is 371 g/mol. The van der Waals surface area contributed by atoms with Gasteiger partial charge >= 0.3 is 0 Å². The van der Waals surface area contributed by atoms with E-state index in [9.17, 15) is 9.18 Å². The first-order valence-corrected chi connectivity index (χ1v) is 9.90. The van der Waals surface area contributed by atoms with Gasteiger partial charge in [0.1, 0.15) is 11.5 Å². The Balaban J connectivity index is 1.45. The minimum atomic E-state index is -0.289. The highest BCUT2D eigenvalue weighted by Gasteiger charge is 2.20. The van der Waals surface area contributed by atoms with Crippen LogP contribution >= 0.6 is 0 Å². The molecule has 7 nitrogen and oxygen atoms in total. The monoisotopic (exact) mass is 396 g/mol. The Labute approximate surface area is 168 Å². The van der Waals surface area contributed by atoms with Crippen molar-refractivity contribution in [3.63, 3.8) is 0 Å². The van der Waals surface area contributed by atoms with E-state index in [4.69, 9.17) is 0 Å². The van der Waals surface area contributed by atoms with Crippen LogP contribution in [0.15, 0.2) is 42.7 Å². The lowest BCUT2D eigenvalue weighted by Crippen LogP contribution is -2.32. The maximum absolute atomic E-state index is 13.2. The largest absolute Gasteiger partial charge is 0.344 e. The number of halogens is 1. The number of aromatic nitrogens is 4. The summed E-state index contributed by atoms with van der Waals surface area (Å²) in [6.07, 6.45) is 5.78. The summed E-state index contributed by atoms with van der Waals surface area (Å²) in [5.41, 5.74) is 2.97. The van der Waals surface area contributed by atoms with Crippen LogP contribution in [0.25, 0.3) is 5.69 Å². The van der Waals surface area contributed by atoms with Gasteiger partial charge in [0, 0.05) is 24.0 Å². The second-order valence-corrected chi connectivity index (χ2v) is 7.45. The number of rotatable bonds is 5. The van der Waals surface area contributed by atoms with E-state index in [1.54, 1.807) is 29.1 Å². The lowest BCUT2D eigenvalue weighted by Gasteiger charge is -2.22. The zero-order valence-corrected chi connectivity index (χ0v) is 16.6. The van der Waals surface area contributed by atoms with Crippen molar-refractivity contribution in [1.29, 1.82) is 0 Å². The highest BCUT2D eigenvalue weighted by molar-refractivity contribution is 5.92. The topological polar surface area (TPSA) is 76.8 Å². The van der Waals surface area contributed by atoms with E-state index in [-0.39, 0.29) is 17.8 Å². The van der Waals surface area contributed by atoms with E-state index in [2.05, 4.69) is 20.8 Å². The van der Waals surface area contributed by atoms with E-state index >= 15 is 0 Å². The van der Waals surface area contributed by atoms with Crippen LogP contribution < -0.4 is 10.6 Å². The summed E-state index contributed by atoms with van der Waals surface area (Å²) in [5.74, 6) is -0.503. The highest BCUT2D eigenvalue weighted by Crippen LogP contribution is 2.21. The third kappa shape index (κ3) is 4.07. The molecule has 0 spiro atoms. The summed E-state index contributed by atoms with van der Waals surface area (Å²) in [6, 6.07) is 7.96. The van der Waals surface area contributed by atoms with Gasteiger partial charge in [-0.1, -0.05) is 0 Å². The SMILES string of the molecule is Cc1c(C(C)NC(=O)c2ccn(C3CCCNC3)n2)cnn1-c1ccc(F)cc1. The summed E-state index contributed by atoms with van der Waals surface area (Å²) >= 11 is 0. The maximum Gasteiger partial charge on any atom is 0.272 e. The second-order valence-electron chi connectivity index (χ2n) is 7.45. The molecule has 2 N–H and O–H groups in total. The number of carbonyl (C=O) groups excluding carboxylic acids is 1. The molecule has 2 unspecified atom stereocenters. The van der Waals surface area contributed by atoms with E-state index in [0.29, 0.717) is 11.7 Å². The molecule has 4 rings (SSSR count). The zero-order valence-electron chi connectivity index (χ0n) is 16.6. The molecule has 152 valence electrons. The summed E-state index contributed by atoms with van der Waals surface area (Å²) in [7, 11) is 0. The van der Waals surface area contributed by atoms with Gasteiger partial charge in [-0.05, 0) is 63.6 Å². The van der Waals surface area contributed by atoms with Gasteiger partial charge in [0.2, 0.25) is 0 Å². The van der Waals surface area contributed by atoms with Crippen molar-refractivity contribution < 1.29 is 9.18 Å². The molecule has 29 heavy (non-hydrogen) atoms. The molecule has 3 aromatic rings. The van der Waals surface area contributed by atoms with Gasteiger partial charge in [-0.15, -0.1) is 0 Å². The van der Waals surface area contributed by atoms with E-state index in [1.807, 2.05) is 24.7 Å².